The van der Waals surface area contributed by atoms with Gasteiger partial charge in [0.1, 0.15) is 23.2 Å². The Morgan fingerprint density at radius 1 is 1.11 bits per heavy atom. The van der Waals surface area contributed by atoms with Crippen LogP contribution in [0.2, 0.25) is 0 Å². The average Bonchev–Trinajstić information content (AvgIpc) is 2.95. The van der Waals surface area contributed by atoms with E-state index in [1.165, 1.54) is 4.57 Å². The quantitative estimate of drug-likeness (QED) is 0.260. The first-order valence-corrected chi connectivity index (χ1v) is 15.8. The fraction of sp³-hybridized carbons (Fsp3) is 0.472. The number of carboxylic acid groups (broad SMARTS) is 1. The minimum absolute atomic E-state index is 0.00978. The highest BCUT2D eigenvalue weighted by molar-refractivity contribution is 5.82. The number of aryl methyl sites for hydroxylation is 4. The Balaban J connectivity index is 1.71. The Hall–Kier alpha value is -4.43. The molecule has 2 heterocycles. The normalized spacial score (nSPS) is 15.5. The highest BCUT2D eigenvalue weighted by Gasteiger charge is 2.38. The van der Waals surface area contributed by atoms with Gasteiger partial charge >= 0.3 is 5.97 Å². The summed E-state index contributed by atoms with van der Waals surface area (Å²) in [4.78, 5) is 45.9. The first-order valence-electron chi connectivity index (χ1n) is 15.8. The maximum Gasteiger partial charge on any atom is 0.305 e. The molecular formula is C36H43F2N5O4. The van der Waals surface area contributed by atoms with Gasteiger partial charge in [0.25, 0.3) is 5.56 Å². The number of alkyl halides is 1. The molecule has 11 heteroatoms. The van der Waals surface area contributed by atoms with Crippen molar-refractivity contribution in [2.75, 3.05) is 19.6 Å². The van der Waals surface area contributed by atoms with Crippen molar-refractivity contribution < 1.29 is 23.5 Å². The first-order chi connectivity index (χ1) is 22.0. The maximum absolute atomic E-state index is 15.8. The van der Waals surface area contributed by atoms with Crippen molar-refractivity contribution in [1.82, 2.24) is 19.8 Å². The van der Waals surface area contributed by atoms with Crippen LogP contribution in [0.1, 0.15) is 84.9 Å². The van der Waals surface area contributed by atoms with Gasteiger partial charge in [-0.3, -0.25) is 28.8 Å². The molecule has 250 valence electrons. The Labute approximate surface area is 274 Å². The Bertz CT molecular complexity index is 1760. The van der Waals surface area contributed by atoms with Gasteiger partial charge in [-0.15, -0.1) is 0 Å². The standard InChI is InChI=1S/C36H43F2N5O4/c1-20(2)10-30(43-17-27(40-24(6)35(43)47)8-9-42-18-36(7,38)19-42)34(46)41-29(15-31(44)45)28-14-26(13-23(5)33(28)37)32-21(3)11-25(16-39)12-22(32)4/h11-14,17,20,29-30H,8-10,15,18-19H2,1-7H3,(H,41,46)(H,44,45). The van der Waals surface area contributed by atoms with Gasteiger partial charge in [-0.05, 0) is 99.0 Å². The lowest BCUT2D eigenvalue weighted by Crippen LogP contribution is -2.57. The van der Waals surface area contributed by atoms with Crippen LogP contribution in [0.25, 0.3) is 11.1 Å². The number of carbonyl (C=O) groups is 2. The van der Waals surface area contributed by atoms with Crippen molar-refractivity contribution in [3.8, 4) is 17.2 Å². The van der Waals surface area contributed by atoms with Gasteiger partial charge in [0.05, 0.1) is 29.8 Å². The van der Waals surface area contributed by atoms with Crippen LogP contribution in [0.15, 0.2) is 35.3 Å². The van der Waals surface area contributed by atoms with Gasteiger partial charge in [-0.2, -0.15) is 5.26 Å². The van der Waals surface area contributed by atoms with E-state index < -0.39 is 47.4 Å². The number of nitriles is 1. The number of hydrogen-bond donors (Lipinski definition) is 2. The number of rotatable bonds is 12. The van der Waals surface area contributed by atoms with Crippen molar-refractivity contribution in [3.63, 3.8) is 0 Å². The van der Waals surface area contributed by atoms with E-state index in [0.717, 1.165) is 16.7 Å². The molecule has 1 saturated heterocycles. The Morgan fingerprint density at radius 2 is 1.74 bits per heavy atom. The van der Waals surface area contributed by atoms with E-state index in [2.05, 4.69) is 16.4 Å². The van der Waals surface area contributed by atoms with Crippen LogP contribution in [-0.4, -0.2) is 56.7 Å². The van der Waals surface area contributed by atoms with Gasteiger partial charge in [0.2, 0.25) is 5.91 Å². The predicted octanol–water partition coefficient (Wildman–Crippen LogP) is 5.66. The number of halogens is 2. The molecule has 0 bridgehead atoms. The van der Waals surface area contributed by atoms with Gasteiger partial charge < -0.3 is 10.4 Å². The second-order valence-corrected chi connectivity index (χ2v) is 13.5. The molecule has 1 fully saturated rings. The highest BCUT2D eigenvalue weighted by atomic mass is 19.1. The van der Waals surface area contributed by atoms with Gasteiger partial charge in [0, 0.05) is 37.8 Å². The second kappa shape index (κ2) is 14.1. The van der Waals surface area contributed by atoms with Crippen molar-refractivity contribution in [3.05, 3.63) is 85.8 Å². The zero-order valence-corrected chi connectivity index (χ0v) is 28.1. The molecule has 2 aromatic carbocycles. The number of likely N-dealkylation sites (tertiary alicyclic amines) is 1. The van der Waals surface area contributed by atoms with E-state index in [1.54, 1.807) is 51.2 Å². The maximum atomic E-state index is 15.8. The largest absolute Gasteiger partial charge is 0.481 e. The van der Waals surface area contributed by atoms with Gasteiger partial charge in [-0.25, -0.2) is 8.78 Å². The summed E-state index contributed by atoms with van der Waals surface area (Å²) in [6, 6.07) is 6.55. The number of benzene rings is 2. The fourth-order valence-electron chi connectivity index (χ4n) is 6.52. The van der Waals surface area contributed by atoms with Crippen LogP contribution < -0.4 is 10.9 Å². The second-order valence-electron chi connectivity index (χ2n) is 13.5. The van der Waals surface area contributed by atoms with Gasteiger partial charge in [0.15, 0.2) is 0 Å². The number of hydrogen-bond acceptors (Lipinski definition) is 6. The number of aliphatic carboxylic acids is 1. The SMILES string of the molecule is Cc1cc(-c2c(C)cc(C#N)cc2C)cc(C(CC(=O)O)NC(=O)C(CC(C)C)n2cc(CCN3CC(C)(F)C3)nc(C)c2=O)c1F. The molecule has 9 nitrogen and oxygen atoms in total. The van der Waals surface area contributed by atoms with Crippen LogP contribution >= 0.6 is 0 Å². The molecule has 2 N–H and O–H groups in total. The summed E-state index contributed by atoms with van der Waals surface area (Å²) < 4.78 is 31.1. The molecule has 0 radical (unpaired) electrons. The summed E-state index contributed by atoms with van der Waals surface area (Å²) in [5, 5.41) is 22.0. The number of aromatic nitrogens is 2. The smallest absolute Gasteiger partial charge is 0.305 e. The lowest BCUT2D eigenvalue weighted by molar-refractivity contribution is -0.138. The summed E-state index contributed by atoms with van der Waals surface area (Å²) in [6.45, 7) is 13.4. The van der Waals surface area contributed by atoms with E-state index in [-0.39, 0.29) is 29.2 Å². The molecule has 4 rings (SSSR count). The lowest BCUT2D eigenvalue weighted by atomic mass is 9.89. The third-order valence-corrected chi connectivity index (χ3v) is 8.57. The van der Waals surface area contributed by atoms with Crippen LogP contribution in [-0.2, 0) is 16.0 Å². The monoisotopic (exact) mass is 647 g/mol. The summed E-state index contributed by atoms with van der Waals surface area (Å²) in [5.41, 5.74) is 2.87. The number of carboxylic acids is 1. The van der Waals surface area contributed by atoms with Crippen LogP contribution in [0.3, 0.4) is 0 Å². The third-order valence-electron chi connectivity index (χ3n) is 8.57. The molecule has 47 heavy (non-hydrogen) atoms. The van der Waals surface area contributed by atoms with Crippen LogP contribution in [0, 0.1) is 50.8 Å². The molecule has 0 aliphatic carbocycles. The molecule has 0 saturated carbocycles. The summed E-state index contributed by atoms with van der Waals surface area (Å²) in [6.07, 6.45) is 1.65. The Kier molecular flexibility index (Phi) is 10.7. The van der Waals surface area contributed by atoms with E-state index in [1.807, 2.05) is 32.6 Å². The lowest BCUT2D eigenvalue weighted by Gasteiger charge is -2.42. The molecule has 1 aromatic heterocycles. The van der Waals surface area contributed by atoms with Crippen LogP contribution in [0.4, 0.5) is 8.78 Å². The first kappa shape index (κ1) is 35.4. The van der Waals surface area contributed by atoms with Crippen molar-refractivity contribution in [1.29, 1.82) is 5.26 Å². The van der Waals surface area contributed by atoms with Gasteiger partial charge in [-0.1, -0.05) is 13.8 Å². The Morgan fingerprint density at radius 3 is 2.30 bits per heavy atom. The number of carbonyl (C=O) groups excluding carboxylic acids is 1. The zero-order valence-electron chi connectivity index (χ0n) is 28.1. The predicted molar refractivity (Wildman–Crippen MR) is 175 cm³/mol. The molecular weight excluding hydrogens is 604 g/mol. The minimum atomic E-state index is -1.24. The van der Waals surface area contributed by atoms with E-state index in [4.69, 9.17) is 0 Å². The van der Waals surface area contributed by atoms with E-state index in [0.29, 0.717) is 42.9 Å². The van der Waals surface area contributed by atoms with Crippen molar-refractivity contribution in [2.24, 2.45) is 5.92 Å². The van der Waals surface area contributed by atoms with Crippen molar-refractivity contribution in [2.45, 2.75) is 85.5 Å². The average molecular weight is 648 g/mol. The molecule has 2 atom stereocenters. The van der Waals surface area contributed by atoms with E-state index >= 15 is 4.39 Å². The highest BCUT2D eigenvalue weighted by Crippen LogP contribution is 2.34. The van der Waals surface area contributed by atoms with Crippen LogP contribution in [0.5, 0.6) is 0 Å². The van der Waals surface area contributed by atoms with E-state index in [9.17, 15) is 29.1 Å². The molecule has 1 aliphatic rings. The molecule has 0 spiro atoms. The fourth-order valence-corrected chi connectivity index (χ4v) is 6.52. The molecule has 2 unspecified atom stereocenters. The number of nitrogens with zero attached hydrogens (tertiary/aromatic N) is 4. The zero-order chi connectivity index (χ0) is 34.8. The molecule has 1 amide bonds. The topological polar surface area (TPSA) is 128 Å². The summed E-state index contributed by atoms with van der Waals surface area (Å²) >= 11 is 0. The molecule has 1 aliphatic heterocycles. The summed E-state index contributed by atoms with van der Waals surface area (Å²) in [7, 11) is 0. The molecule has 3 aromatic rings. The number of nitrogens with one attached hydrogen (secondary N) is 1. The van der Waals surface area contributed by atoms with Crippen molar-refractivity contribution >= 4 is 11.9 Å². The minimum Gasteiger partial charge on any atom is -0.481 e. The summed E-state index contributed by atoms with van der Waals surface area (Å²) in [5.74, 6) is -2.52. The third kappa shape index (κ3) is 8.30. The number of amides is 1.